The number of aryl methyl sites for hydroxylation is 2. The van der Waals surface area contributed by atoms with Gasteiger partial charge in [-0.2, -0.15) is 0 Å². The molecule has 0 saturated carbocycles. The number of aliphatic carboxylic acids is 1. The largest absolute Gasteiger partial charge is 0.481 e. The maximum atomic E-state index is 12.8. The maximum absolute atomic E-state index is 12.8. The molecular formula is C17H21NO5. The Labute approximate surface area is 135 Å². The van der Waals surface area contributed by atoms with Crippen molar-refractivity contribution < 1.29 is 24.2 Å². The average Bonchev–Trinajstić information content (AvgIpc) is 2.90. The fourth-order valence-electron chi connectivity index (χ4n) is 3.15. The van der Waals surface area contributed by atoms with E-state index in [1.54, 1.807) is 4.90 Å². The summed E-state index contributed by atoms with van der Waals surface area (Å²) >= 11 is 0. The number of hydrogen-bond acceptors (Lipinski definition) is 4. The van der Waals surface area contributed by atoms with Gasteiger partial charge in [-0.05, 0) is 36.6 Å². The van der Waals surface area contributed by atoms with E-state index in [0.717, 1.165) is 16.9 Å². The first-order valence-corrected chi connectivity index (χ1v) is 7.82. The van der Waals surface area contributed by atoms with Gasteiger partial charge >= 0.3 is 5.97 Å². The van der Waals surface area contributed by atoms with Crippen LogP contribution in [0.15, 0.2) is 12.1 Å². The zero-order valence-electron chi connectivity index (χ0n) is 13.4. The summed E-state index contributed by atoms with van der Waals surface area (Å²) in [4.78, 5) is 25.4. The van der Waals surface area contributed by atoms with Crippen molar-refractivity contribution in [3.8, 4) is 5.75 Å². The van der Waals surface area contributed by atoms with Gasteiger partial charge in [0.2, 0.25) is 0 Å². The summed E-state index contributed by atoms with van der Waals surface area (Å²) < 4.78 is 11.2. The van der Waals surface area contributed by atoms with Crippen LogP contribution in [0.4, 0.5) is 0 Å². The van der Waals surface area contributed by atoms with Crippen LogP contribution >= 0.6 is 0 Å². The predicted molar refractivity (Wildman–Crippen MR) is 82.6 cm³/mol. The van der Waals surface area contributed by atoms with Gasteiger partial charge in [0.05, 0.1) is 25.7 Å². The maximum Gasteiger partial charge on any atom is 0.305 e. The third-order valence-corrected chi connectivity index (χ3v) is 4.55. The molecule has 1 saturated heterocycles. The minimum absolute atomic E-state index is 0.108. The third-order valence-electron chi connectivity index (χ3n) is 4.55. The molecule has 0 radical (unpaired) electrons. The molecule has 0 aliphatic carbocycles. The lowest BCUT2D eigenvalue weighted by atomic mass is 10.0. The standard InChI is InChI=1S/C17H21NO5/c1-10-5-12-7-15(23-14(12)6-11(10)2)17(21)18-3-4-22-9-13(18)8-16(19)20/h5-6,13,15H,3-4,7-9H2,1-2H3,(H,19,20). The van der Waals surface area contributed by atoms with Crippen molar-refractivity contribution in [1.82, 2.24) is 4.90 Å². The van der Waals surface area contributed by atoms with Crippen molar-refractivity contribution in [2.75, 3.05) is 19.8 Å². The molecule has 124 valence electrons. The van der Waals surface area contributed by atoms with E-state index in [1.165, 1.54) is 5.56 Å². The number of amides is 1. The highest BCUT2D eigenvalue weighted by atomic mass is 16.5. The number of rotatable bonds is 3. The molecule has 2 atom stereocenters. The number of nitrogens with zero attached hydrogens (tertiary/aromatic N) is 1. The predicted octanol–water partition coefficient (Wildman–Crippen LogP) is 1.31. The van der Waals surface area contributed by atoms with Gasteiger partial charge in [0.15, 0.2) is 6.10 Å². The minimum atomic E-state index is -0.930. The lowest BCUT2D eigenvalue weighted by Gasteiger charge is -2.36. The number of hydrogen-bond donors (Lipinski definition) is 1. The van der Waals surface area contributed by atoms with E-state index in [2.05, 4.69) is 6.07 Å². The van der Waals surface area contributed by atoms with Crippen LogP contribution < -0.4 is 4.74 Å². The molecule has 1 N–H and O–H groups in total. The van der Waals surface area contributed by atoms with Crippen molar-refractivity contribution in [1.29, 1.82) is 0 Å². The Morgan fingerprint density at radius 2 is 2.04 bits per heavy atom. The van der Waals surface area contributed by atoms with Crippen LogP contribution in [0.25, 0.3) is 0 Å². The number of fused-ring (bicyclic) bond motifs is 1. The second kappa shape index (κ2) is 6.20. The van der Waals surface area contributed by atoms with Crippen molar-refractivity contribution in [3.63, 3.8) is 0 Å². The summed E-state index contributed by atoms with van der Waals surface area (Å²) in [5.41, 5.74) is 3.34. The second-order valence-corrected chi connectivity index (χ2v) is 6.21. The Bertz CT molecular complexity index is 611. The first-order chi connectivity index (χ1) is 11.0. The number of carbonyl (C=O) groups is 2. The molecule has 1 aromatic rings. The molecule has 1 amide bonds. The fourth-order valence-corrected chi connectivity index (χ4v) is 3.15. The highest BCUT2D eigenvalue weighted by Crippen LogP contribution is 2.32. The van der Waals surface area contributed by atoms with Crippen LogP contribution in [0, 0.1) is 13.8 Å². The molecule has 1 aromatic carbocycles. The van der Waals surface area contributed by atoms with E-state index in [4.69, 9.17) is 14.6 Å². The highest BCUT2D eigenvalue weighted by Gasteiger charge is 2.37. The van der Waals surface area contributed by atoms with Gasteiger partial charge in [0, 0.05) is 13.0 Å². The Morgan fingerprint density at radius 1 is 1.30 bits per heavy atom. The summed E-state index contributed by atoms with van der Waals surface area (Å²) in [5.74, 6) is -0.319. The van der Waals surface area contributed by atoms with Gasteiger partial charge in [-0.3, -0.25) is 9.59 Å². The normalized spacial score (nSPS) is 23.3. The second-order valence-electron chi connectivity index (χ2n) is 6.21. The summed E-state index contributed by atoms with van der Waals surface area (Å²) in [7, 11) is 0. The van der Waals surface area contributed by atoms with Crippen LogP contribution in [0.1, 0.15) is 23.1 Å². The molecule has 3 rings (SSSR count). The summed E-state index contributed by atoms with van der Waals surface area (Å²) in [6.07, 6.45) is -0.142. The number of ether oxygens (including phenoxy) is 2. The molecule has 0 aromatic heterocycles. The summed E-state index contributed by atoms with van der Waals surface area (Å²) in [6, 6.07) is 3.60. The summed E-state index contributed by atoms with van der Waals surface area (Å²) in [6.45, 7) is 5.15. The summed E-state index contributed by atoms with van der Waals surface area (Å²) in [5, 5.41) is 9.01. The molecular weight excluding hydrogens is 298 g/mol. The molecule has 1 fully saturated rings. The van der Waals surface area contributed by atoms with Gasteiger partial charge in [0.1, 0.15) is 5.75 Å². The molecule has 2 aliphatic heterocycles. The molecule has 2 unspecified atom stereocenters. The molecule has 2 heterocycles. The molecule has 0 spiro atoms. The van der Waals surface area contributed by atoms with Crippen molar-refractivity contribution in [2.24, 2.45) is 0 Å². The first kappa shape index (κ1) is 15.8. The molecule has 0 bridgehead atoms. The number of carbonyl (C=O) groups excluding carboxylic acids is 1. The van der Waals surface area contributed by atoms with Gasteiger partial charge < -0.3 is 19.5 Å². The Hall–Kier alpha value is -2.08. The van der Waals surface area contributed by atoms with Gasteiger partial charge in [-0.15, -0.1) is 0 Å². The van der Waals surface area contributed by atoms with E-state index in [0.29, 0.717) is 19.6 Å². The Morgan fingerprint density at radius 3 is 2.78 bits per heavy atom. The van der Waals surface area contributed by atoms with Crippen LogP contribution in [-0.2, 0) is 20.7 Å². The SMILES string of the molecule is Cc1cc2c(cc1C)OC(C(=O)N1CCOCC1CC(=O)O)C2. The van der Waals surface area contributed by atoms with Gasteiger partial charge in [-0.1, -0.05) is 6.07 Å². The highest BCUT2D eigenvalue weighted by molar-refractivity contribution is 5.83. The number of carboxylic acids is 1. The monoisotopic (exact) mass is 319 g/mol. The molecule has 6 heteroatoms. The van der Waals surface area contributed by atoms with Crippen LogP contribution in [0.2, 0.25) is 0 Å². The first-order valence-electron chi connectivity index (χ1n) is 7.82. The fraction of sp³-hybridized carbons (Fsp3) is 0.529. The Balaban J connectivity index is 1.74. The lowest BCUT2D eigenvalue weighted by molar-refractivity contribution is -0.150. The quantitative estimate of drug-likeness (QED) is 0.909. The number of carboxylic acid groups (broad SMARTS) is 1. The third kappa shape index (κ3) is 3.17. The van der Waals surface area contributed by atoms with E-state index in [9.17, 15) is 9.59 Å². The van der Waals surface area contributed by atoms with Crippen molar-refractivity contribution in [3.05, 3.63) is 28.8 Å². The zero-order chi connectivity index (χ0) is 16.6. The molecule has 6 nitrogen and oxygen atoms in total. The van der Waals surface area contributed by atoms with E-state index in [-0.39, 0.29) is 18.9 Å². The number of benzene rings is 1. The van der Waals surface area contributed by atoms with Crippen LogP contribution in [0.5, 0.6) is 5.75 Å². The molecule has 2 aliphatic rings. The minimum Gasteiger partial charge on any atom is -0.481 e. The average molecular weight is 319 g/mol. The molecule has 23 heavy (non-hydrogen) atoms. The van der Waals surface area contributed by atoms with E-state index >= 15 is 0 Å². The van der Waals surface area contributed by atoms with E-state index < -0.39 is 18.1 Å². The van der Waals surface area contributed by atoms with Crippen molar-refractivity contribution in [2.45, 2.75) is 38.8 Å². The lowest BCUT2D eigenvalue weighted by Crippen LogP contribution is -2.53. The van der Waals surface area contributed by atoms with Crippen LogP contribution in [0.3, 0.4) is 0 Å². The topological polar surface area (TPSA) is 76.1 Å². The zero-order valence-corrected chi connectivity index (χ0v) is 13.4. The smallest absolute Gasteiger partial charge is 0.305 e. The Kier molecular flexibility index (Phi) is 4.26. The van der Waals surface area contributed by atoms with Crippen molar-refractivity contribution >= 4 is 11.9 Å². The van der Waals surface area contributed by atoms with Crippen LogP contribution in [-0.4, -0.2) is 53.8 Å². The van der Waals surface area contributed by atoms with E-state index in [1.807, 2.05) is 19.9 Å². The number of morpholine rings is 1. The van der Waals surface area contributed by atoms with Gasteiger partial charge in [-0.25, -0.2) is 0 Å². The van der Waals surface area contributed by atoms with Gasteiger partial charge in [0.25, 0.3) is 5.91 Å².